The SMILES string of the molecule is CCC=CC=C1C(=O)C(Br)=CC1(O)CCCCCCCC(=O)OC. The lowest BCUT2D eigenvalue weighted by Gasteiger charge is -2.22. The molecule has 1 atom stereocenters. The second kappa shape index (κ2) is 10.6. The number of methoxy groups -OCH3 is 1. The zero-order chi connectivity index (χ0) is 18.0. The van der Waals surface area contributed by atoms with Gasteiger partial charge >= 0.3 is 5.97 Å². The van der Waals surface area contributed by atoms with Gasteiger partial charge in [0.2, 0.25) is 0 Å². The molecule has 0 saturated heterocycles. The van der Waals surface area contributed by atoms with Gasteiger partial charge in [0, 0.05) is 12.0 Å². The highest BCUT2D eigenvalue weighted by Crippen LogP contribution is 2.37. The van der Waals surface area contributed by atoms with E-state index in [1.807, 2.05) is 19.1 Å². The predicted octanol–water partition coefficient (Wildman–Crippen LogP) is 4.38. The Kier molecular flexibility index (Phi) is 9.22. The van der Waals surface area contributed by atoms with Gasteiger partial charge in [0.15, 0.2) is 5.78 Å². The Morgan fingerprint density at radius 2 is 1.96 bits per heavy atom. The van der Waals surface area contributed by atoms with Crippen LogP contribution in [0.15, 0.2) is 34.4 Å². The molecule has 134 valence electrons. The number of rotatable bonds is 10. The molecule has 0 spiro atoms. The van der Waals surface area contributed by atoms with E-state index in [1.165, 1.54) is 7.11 Å². The topological polar surface area (TPSA) is 63.6 Å². The van der Waals surface area contributed by atoms with Crippen molar-refractivity contribution in [3.8, 4) is 0 Å². The van der Waals surface area contributed by atoms with E-state index in [0.717, 1.165) is 38.5 Å². The molecule has 1 N–H and O–H groups in total. The highest BCUT2D eigenvalue weighted by Gasteiger charge is 2.40. The van der Waals surface area contributed by atoms with Crippen molar-refractivity contribution in [2.75, 3.05) is 7.11 Å². The average Bonchev–Trinajstić information content (AvgIpc) is 2.77. The molecule has 5 heteroatoms. The molecule has 1 aliphatic carbocycles. The molecule has 0 aliphatic heterocycles. The summed E-state index contributed by atoms with van der Waals surface area (Å²) in [6, 6.07) is 0. The molecule has 0 aromatic rings. The van der Waals surface area contributed by atoms with E-state index in [1.54, 1.807) is 12.2 Å². The zero-order valence-electron chi connectivity index (χ0n) is 14.5. The minimum absolute atomic E-state index is 0.142. The van der Waals surface area contributed by atoms with Crippen molar-refractivity contribution >= 4 is 27.7 Å². The summed E-state index contributed by atoms with van der Waals surface area (Å²) in [7, 11) is 1.40. The molecule has 0 bridgehead atoms. The maximum Gasteiger partial charge on any atom is 0.305 e. The number of ether oxygens (including phenoxy) is 1. The minimum atomic E-state index is -1.18. The molecule has 4 nitrogen and oxygen atoms in total. The fraction of sp³-hybridized carbons (Fsp3) is 0.579. The lowest BCUT2D eigenvalue weighted by molar-refractivity contribution is -0.140. The molecule has 1 aliphatic rings. The van der Waals surface area contributed by atoms with E-state index in [4.69, 9.17) is 0 Å². The smallest absolute Gasteiger partial charge is 0.305 e. The molecular formula is C19H27BrO4. The first-order chi connectivity index (χ1) is 11.4. The highest BCUT2D eigenvalue weighted by molar-refractivity contribution is 9.12. The molecule has 24 heavy (non-hydrogen) atoms. The maximum absolute atomic E-state index is 12.2. The quantitative estimate of drug-likeness (QED) is 0.337. The predicted molar refractivity (Wildman–Crippen MR) is 98.8 cm³/mol. The number of aliphatic hydroxyl groups is 1. The Morgan fingerprint density at radius 3 is 2.62 bits per heavy atom. The van der Waals surface area contributed by atoms with E-state index in [9.17, 15) is 14.7 Å². The third-order valence-electron chi connectivity index (χ3n) is 4.09. The van der Waals surface area contributed by atoms with Crippen molar-refractivity contribution in [1.29, 1.82) is 0 Å². The number of halogens is 1. The van der Waals surface area contributed by atoms with Crippen molar-refractivity contribution < 1.29 is 19.4 Å². The van der Waals surface area contributed by atoms with Gasteiger partial charge in [0.25, 0.3) is 0 Å². The molecule has 0 saturated carbocycles. The Labute approximate surface area is 152 Å². The Balaban J connectivity index is 2.43. The van der Waals surface area contributed by atoms with Crippen molar-refractivity contribution in [3.05, 3.63) is 34.4 Å². The third-order valence-corrected chi connectivity index (χ3v) is 4.68. The minimum Gasteiger partial charge on any atom is -0.469 e. The van der Waals surface area contributed by atoms with Crippen LogP contribution in [0.5, 0.6) is 0 Å². The number of allylic oxidation sites excluding steroid dienone is 4. The van der Waals surface area contributed by atoms with Crippen LogP contribution in [0.2, 0.25) is 0 Å². The number of carbonyl (C=O) groups is 2. The lowest BCUT2D eigenvalue weighted by atomic mass is 9.90. The normalized spacial score (nSPS) is 22.4. The van der Waals surface area contributed by atoms with Gasteiger partial charge in [-0.3, -0.25) is 9.59 Å². The third kappa shape index (κ3) is 6.36. The van der Waals surface area contributed by atoms with E-state index in [2.05, 4.69) is 20.7 Å². The van der Waals surface area contributed by atoms with E-state index < -0.39 is 5.60 Å². The maximum atomic E-state index is 12.2. The van der Waals surface area contributed by atoms with Gasteiger partial charge in [0.1, 0.15) is 5.60 Å². The van der Waals surface area contributed by atoms with Crippen LogP contribution >= 0.6 is 15.9 Å². The summed E-state index contributed by atoms with van der Waals surface area (Å²) in [5.41, 5.74) is -0.746. The number of Topliss-reactive ketones (excluding diaryl/α,β-unsaturated/α-hetero) is 1. The number of esters is 1. The number of hydrogen-bond acceptors (Lipinski definition) is 4. The van der Waals surface area contributed by atoms with Crippen LogP contribution in [-0.4, -0.2) is 29.6 Å². The number of unbranched alkanes of at least 4 members (excludes halogenated alkanes) is 4. The average molecular weight is 399 g/mol. The Morgan fingerprint density at radius 1 is 1.29 bits per heavy atom. The molecule has 0 aromatic heterocycles. The molecule has 1 rings (SSSR count). The summed E-state index contributed by atoms with van der Waals surface area (Å²) in [5.74, 6) is -0.310. The van der Waals surface area contributed by atoms with Gasteiger partial charge in [-0.2, -0.15) is 0 Å². The summed E-state index contributed by atoms with van der Waals surface area (Å²) < 4.78 is 5.03. The van der Waals surface area contributed by atoms with Gasteiger partial charge in [-0.25, -0.2) is 0 Å². The summed E-state index contributed by atoms with van der Waals surface area (Å²) in [4.78, 5) is 23.2. The second-order valence-corrected chi connectivity index (χ2v) is 6.86. The molecule has 0 amide bonds. The van der Waals surface area contributed by atoms with Crippen LogP contribution in [0.4, 0.5) is 0 Å². The Bertz CT molecular complexity index is 533. The number of hydrogen-bond donors (Lipinski definition) is 1. The van der Waals surface area contributed by atoms with Gasteiger partial charge in [-0.15, -0.1) is 0 Å². The molecule has 0 radical (unpaired) electrons. The summed E-state index contributed by atoms with van der Waals surface area (Å²) >= 11 is 3.24. The summed E-state index contributed by atoms with van der Waals surface area (Å²) in [6.07, 6.45) is 13.6. The molecule has 0 heterocycles. The largest absolute Gasteiger partial charge is 0.469 e. The molecule has 0 fully saturated rings. The van der Waals surface area contributed by atoms with Gasteiger partial charge < -0.3 is 9.84 Å². The number of ketones is 1. The van der Waals surface area contributed by atoms with Gasteiger partial charge in [-0.05, 0) is 47.7 Å². The van der Waals surface area contributed by atoms with Crippen molar-refractivity contribution in [1.82, 2.24) is 0 Å². The lowest BCUT2D eigenvalue weighted by Crippen LogP contribution is -2.27. The van der Waals surface area contributed by atoms with Crippen LogP contribution in [0.3, 0.4) is 0 Å². The van der Waals surface area contributed by atoms with Gasteiger partial charge in [0.05, 0.1) is 11.6 Å². The van der Waals surface area contributed by atoms with Crippen LogP contribution in [-0.2, 0) is 14.3 Å². The fourth-order valence-electron chi connectivity index (χ4n) is 2.70. The molecule has 0 aromatic carbocycles. The monoisotopic (exact) mass is 398 g/mol. The van der Waals surface area contributed by atoms with Crippen LogP contribution < -0.4 is 0 Å². The van der Waals surface area contributed by atoms with Crippen LogP contribution in [0.1, 0.15) is 58.3 Å². The zero-order valence-corrected chi connectivity index (χ0v) is 16.1. The first-order valence-electron chi connectivity index (χ1n) is 8.54. The van der Waals surface area contributed by atoms with Crippen LogP contribution in [0.25, 0.3) is 0 Å². The molecule has 1 unspecified atom stereocenters. The Hall–Kier alpha value is -1.20. The van der Waals surface area contributed by atoms with E-state index in [0.29, 0.717) is 22.9 Å². The van der Waals surface area contributed by atoms with Crippen molar-refractivity contribution in [3.63, 3.8) is 0 Å². The summed E-state index contributed by atoms with van der Waals surface area (Å²) in [6.45, 7) is 2.02. The highest BCUT2D eigenvalue weighted by atomic mass is 79.9. The standard InChI is InChI=1S/C19H27BrO4/c1-3-4-8-11-15-18(22)16(20)14-19(15,23)13-10-7-5-6-9-12-17(21)24-2/h4,8,11,14,23H,3,5-7,9-10,12-13H2,1-2H3. The summed E-state index contributed by atoms with van der Waals surface area (Å²) in [5, 5.41) is 10.8. The van der Waals surface area contributed by atoms with E-state index in [-0.39, 0.29) is 11.8 Å². The van der Waals surface area contributed by atoms with Crippen molar-refractivity contribution in [2.24, 2.45) is 0 Å². The van der Waals surface area contributed by atoms with Crippen molar-refractivity contribution in [2.45, 2.75) is 63.9 Å². The fourth-order valence-corrected chi connectivity index (χ4v) is 3.29. The second-order valence-electron chi connectivity index (χ2n) is 6.01. The van der Waals surface area contributed by atoms with E-state index >= 15 is 0 Å². The molecular weight excluding hydrogens is 372 g/mol. The first-order valence-corrected chi connectivity index (χ1v) is 9.33. The van der Waals surface area contributed by atoms with Crippen LogP contribution in [0, 0.1) is 0 Å². The van der Waals surface area contributed by atoms with Gasteiger partial charge in [-0.1, -0.05) is 44.4 Å². The first kappa shape index (κ1) is 20.8. The number of carbonyl (C=O) groups excluding carboxylic acids is 2.